The highest BCUT2D eigenvalue weighted by molar-refractivity contribution is 5.04. The van der Waals surface area contributed by atoms with E-state index in [1.807, 2.05) is 0 Å². The van der Waals surface area contributed by atoms with Gasteiger partial charge < -0.3 is 10.1 Å². The van der Waals surface area contributed by atoms with E-state index in [9.17, 15) is 0 Å². The third kappa shape index (κ3) is 3.96. The lowest BCUT2D eigenvalue weighted by Gasteiger charge is -2.54. The molecule has 1 saturated carbocycles. The van der Waals surface area contributed by atoms with Crippen molar-refractivity contribution in [2.75, 3.05) is 19.7 Å². The minimum Gasteiger partial charge on any atom is -0.378 e. The molecule has 0 saturated heterocycles. The van der Waals surface area contributed by atoms with Gasteiger partial charge in [-0.3, -0.25) is 4.90 Å². The van der Waals surface area contributed by atoms with Crippen LogP contribution in [0.5, 0.6) is 0 Å². The molecular formula is C17H36N2O. The molecule has 20 heavy (non-hydrogen) atoms. The summed E-state index contributed by atoms with van der Waals surface area (Å²) in [6.45, 7) is 18.9. The van der Waals surface area contributed by atoms with Gasteiger partial charge in [0.2, 0.25) is 0 Å². The molecule has 1 N–H and O–H groups in total. The van der Waals surface area contributed by atoms with Crippen molar-refractivity contribution in [3.8, 4) is 0 Å². The van der Waals surface area contributed by atoms with Crippen LogP contribution < -0.4 is 5.32 Å². The van der Waals surface area contributed by atoms with Crippen molar-refractivity contribution < 1.29 is 4.74 Å². The van der Waals surface area contributed by atoms with Crippen molar-refractivity contribution in [3.63, 3.8) is 0 Å². The predicted octanol–water partition coefficient (Wildman–Crippen LogP) is 3.29. The molecule has 0 aliphatic heterocycles. The smallest absolute Gasteiger partial charge is 0.0658 e. The van der Waals surface area contributed by atoms with Crippen LogP contribution >= 0.6 is 0 Å². The maximum Gasteiger partial charge on any atom is 0.0658 e. The normalized spacial score (nSPS) is 30.3. The van der Waals surface area contributed by atoms with E-state index in [2.05, 4.69) is 58.7 Å². The third-order valence-electron chi connectivity index (χ3n) is 5.20. The fourth-order valence-corrected chi connectivity index (χ4v) is 3.55. The number of hydrogen-bond acceptors (Lipinski definition) is 3. The average Bonchev–Trinajstić information content (AvgIpc) is 2.39. The van der Waals surface area contributed by atoms with Gasteiger partial charge in [0.05, 0.1) is 6.10 Å². The minimum absolute atomic E-state index is 0.316. The van der Waals surface area contributed by atoms with Crippen LogP contribution in [0, 0.1) is 5.41 Å². The lowest BCUT2D eigenvalue weighted by Crippen LogP contribution is -2.63. The first-order chi connectivity index (χ1) is 9.36. The van der Waals surface area contributed by atoms with Crippen molar-refractivity contribution >= 4 is 0 Å². The summed E-state index contributed by atoms with van der Waals surface area (Å²) in [7, 11) is 0. The molecule has 3 heteroatoms. The molecule has 3 atom stereocenters. The molecular weight excluding hydrogens is 248 g/mol. The highest BCUT2D eigenvalue weighted by atomic mass is 16.5. The Bertz CT molecular complexity index is 272. The van der Waals surface area contributed by atoms with E-state index in [0.717, 1.165) is 19.7 Å². The van der Waals surface area contributed by atoms with E-state index in [4.69, 9.17) is 4.74 Å². The molecule has 1 aliphatic carbocycles. The van der Waals surface area contributed by atoms with Gasteiger partial charge in [-0.2, -0.15) is 0 Å². The van der Waals surface area contributed by atoms with Crippen LogP contribution in [0.25, 0.3) is 0 Å². The van der Waals surface area contributed by atoms with E-state index in [1.165, 1.54) is 12.8 Å². The number of nitrogens with zero attached hydrogens (tertiary/aromatic N) is 1. The van der Waals surface area contributed by atoms with Crippen LogP contribution in [0.3, 0.4) is 0 Å². The minimum atomic E-state index is 0.316. The molecule has 0 aromatic carbocycles. The zero-order valence-electron chi connectivity index (χ0n) is 14.7. The van der Waals surface area contributed by atoms with Gasteiger partial charge in [-0.25, -0.2) is 0 Å². The second-order valence-corrected chi connectivity index (χ2v) is 6.97. The summed E-state index contributed by atoms with van der Waals surface area (Å²) in [6.07, 6.45) is 2.80. The van der Waals surface area contributed by atoms with Crippen molar-refractivity contribution in [2.45, 2.75) is 85.5 Å². The SMILES string of the molecule is CCOC1CC(NCCN(C(C)C)C(C)C)C1(C)CC. The molecule has 1 fully saturated rings. The van der Waals surface area contributed by atoms with Crippen molar-refractivity contribution in [1.82, 2.24) is 10.2 Å². The number of rotatable bonds is 9. The molecule has 120 valence electrons. The molecule has 3 nitrogen and oxygen atoms in total. The summed E-state index contributed by atoms with van der Waals surface area (Å²) >= 11 is 0. The molecule has 1 aliphatic rings. The van der Waals surface area contributed by atoms with Crippen molar-refractivity contribution in [3.05, 3.63) is 0 Å². The Morgan fingerprint density at radius 3 is 2.25 bits per heavy atom. The topological polar surface area (TPSA) is 24.5 Å². The molecule has 0 amide bonds. The standard InChI is InChI=1S/C17H36N2O/c1-8-17(7)15(12-16(17)20-9-2)18-10-11-19(13(3)4)14(5)6/h13-16,18H,8-12H2,1-7H3. The molecule has 0 bridgehead atoms. The summed E-state index contributed by atoms with van der Waals surface area (Å²) in [5.41, 5.74) is 0.316. The number of nitrogens with one attached hydrogen (secondary N) is 1. The molecule has 0 aromatic heterocycles. The summed E-state index contributed by atoms with van der Waals surface area (Å²) in [5.74, 6) is 0. The first kappa shape index (κ1) is 17.9. The number of ether oxygens (including phenoxy) is 1. The van der Waals surface area contributed by atoms with E-state index >= 15 is 0 Å². The maximum absolute atomic E-state index is 5.87. The molecule has 0 spiro atoms. The zero-order valence-corrected chi connectivity index (χ0v) is 14.7. The van der Waals surface area contributed by atoms with Crippen LogP contribution in [0.1, 0.15) is 61.3 Å². The third-order valence-corrected chi connectivity index (χ3v) is 5.20. The van der Waals surface area contributed by atoms with Crippen LogP contribution in [0.2, 0.25) is 0 Å². The predicted molar refractivity (Wildman–Crippen MR) is 87.2 cm³/mol. The van der Waals surface area contributed by atoms with Crippen LogP contribution in [-0.2, 0) is 4.74 Å². The van der Waals surface area contributed by atoms with Gasteiger partial charge in [0, 0.05) is 43.2 Å². The summed E-state index contributed by atoms with van der Waals surface area (Å²) in [5, 5.41) is 3.77. The van der Waals surface area contributed by atoms with Crippen LogP contribution in [-0.4, -0.2) is 48.8 Å². The van der Waals surface area contributed by atoms with Gasteiger partial charge >= 0.3 is 0 Å². The van der Waals surface area contributed by atoms with Gasteiger partial charge in [0.1, 0.15) is 0 Å². The zero-order chi connectivity index (χ0) is 15.3. The quantitative estimate of drug-likeness (QED) is 0.703. The van der Waals surface area contributed by atoms with Gasteiger partial charge in [-0.15, -0.1) is 0 Å². The lowest BCUT2D eigenvalue weighted by atomic mass is 9.61. The molecule has 0 radical (unpaired) electrons. The first-order valence-corrected chi connectivity index (χ1v) is 8.47. The summed E-state index contributed by atoms with van der Waals surface area (Å²) in [4.78, 5) is 2.55. The maximum atomic E-state index is 5.87. The number of hydrogen-bond donors (Lipinski definition) is 1. The Balaban J connectivity index is 2.39. The monoisotopic (exact) mass is 284 g/mol. The van der Waals surface area contributed by atoms with Crippen molar-refractivity contribution in [1.29, 1.82) is 0 Å². The van der Waals surface area contributed by atoms with E-state index < -0.39 is 0 Å². The molecule has 0 aromatic rings. The lowest BCUT2D eigenvalue weighted by molar-refractivity contribution is -0.125. The first-order valence-electron chi connectivity index (χ1n) is 8.47. The van der Waals surface area contributed by atoms with E-state index in [0.29, 0.717) is 29.6 Å². The Kier molecular flexibility index (Phi) is 6.96. The van der Waals surface area contributed by atoms with E-state index in [-0.39, 0.29) is 0 Å². The van der Waals surface area contributed by atoms with Crippen LogP contribution in [0.4, 0.5) is 0 Å². The second-order valence-electron chi connectivity index (χ2n) is 6.97. The Morgan fingerprint density at radius 2 is 1.80 bits per heavy atom. The largest absolute Gasteiger partial charge is 0.378 e. The Morgan fingerprint density at radius 1 is 1.20 bits per heavy atom. The fraction of sp³-hybridized carbons (Fsp3) is 1.00. The summed E-state index contributed by atoms with van der Waals surface area (Å²) < 4.78 is 5.87. The highest BCUT2D eigenvalue weighted by Gasteiger charge is 2.50. The fourth-order valence-electron chi connectivity index (χ4n) is 3.55. The Hall–Kier alpha value is -0.120. The molecule has 3 unspecified atom stereocenters. The Labute approximate surface area is 126 Å². The van der Waals surface area contributed by atoms with Gasteiger partial charge in [0.25, 0.3) is 0 Å². The molecule has 1 rings (SSSR count). The highest BCUT2D eigenvalue weighted by Crippen LogP contribution is 2.45. The van der Waals surface area contributed by atoms with Gasteiger partial charge in [-0.05, 0) is 47.5 Å². The van der Waals surface area contributed by atoms with E-state index in [1.54, 1.807) is 0 Å². The van der Waals surface area contributed by atoms with Crippen LogP contribution in [0.15, 0.2) is 0 Å². The van der Waals surface area contributed by atoms with Gasteiger partial charge in [-0.1, -0.05) is 13.8 Å². The second kappa shape index (κ2) is 7.77. The molecule has 0 heterocycles. The van der Waals surface area contributed by atoms with Gasteiger partial charge in [0.15, 0.2) is 0 Å². The average molecular weight is 284 g/mol. The van der Waals surface area contributed by atoms with Crippen molar-refractivity contribution in [2.24, 2.45) is 5.41 Å². The summed E-state index contributed by atoms with van der Waals surface area (Å²) in [6, 6.07) is 1.85.